The lowest BCUT2D eigenvalue weighted by Gasteiger charge is -2.03. The van der Waals surface area contributed by atoms with Crippen molar-refractivity contribution in [2.24, 2.45) is 5.92 Å². The van der Waals surface area contributed by atoms with Crippen LogP contribution in [0, 0.1) is 5.92 Å². The van der Waals surface area contributed by atoms with E-state index in [1.54, 1.807) is 6.07 Å². The molecule has 0 aliphatic heterocycles. The maximum absolute atomic E-state index is 11.9. The summed E-state index contributed by atoms with van der Waals surface area (Å²) in [5, 5.41) is 8.65. The zero-order valence-electron chi connectivity index (χ0n) is 10.5. The van der Waals surface area contributed by atoms with Crippen molar-refractivity contribution in [3.05, 3.63) is 17.0 Å². The summed E-state index contributed by atoms with van der Waals surface area (Å²) in [5.74, 6) is -0.156. The molecule has 0 spiro atoms. The number of aliphatic carboxylic acids is 1. The fourth-order valence-corrected chi connectivity index (χ4v) is 4.29. The minimum absolute atomic E-state index is 0.137. The van der Waals surface area contributed by atoms with Gasteiger partial charge in [0.15, 0.2) is 0 Å². The summed E-state index contributed by atoms with van der Waals surface area (Å²) in [5.41, 5.74) is 0. The Morgan fingerprint density at radius 2 is 2.16 bits per heavy atom. The van der Waals surface area contributed by atoms with Crippen LogP contribution in [0.1, 0.15) is 30.6 Å². The first-order valence-corrected chi connectivity index (χ1v) is 8.57. The minimum atomic E-state index is -3.48. The summed E-state index contributed by atoms with van der Waals surface area (Å²) in [7, 11) is -3.48. The Bertz CT molecular complexity index is 546. The maximum Gasteiger partial charge on any atom is 0.308 e. The van der Waals surface area contributed by atoms with Crippen molar-refractivity contribution >= 4 is 27.3 Å². The number of nitrogens with one attached hydrogen (secondary N) is 1. The van der Waals surface area contributed by atoms with Gasteiger partial charge in [0.2, 0.25) is 10.0 Å². The molecule has 0 unspecified atom stereocenters. The summed E-state index contributed by atoms with van der Waals surface area (Å²) in [6.07, 6.45) is 4.35. The van der Waals surface area contributed by atoms with Crippen molar-refractivity contribution in [3.63, 3.8) is 0 Å². The molecular formula is C12H17NO4S2. The van der Waals surface area contributed by atoms with Crippen LogP contribution in [0.4, 0.5) is 0 Å². The number of thiophene rings is 1. The summed E-state index contributed by atoms with van der Waals surface area (Å²) in [6, 6.07) is 3.02. The molecule has 1 fully saturated rings. The van der Waals surface area contributed by atoms with E-state index in [1.807, 2.05) is 0 Å². The van der Waals surface area contributed by atoms with Crippen LogP contribution in [0.2, 0.25) is 0 Å². The normalized spacial score (nSPS) is 15.6. The number of carbonyl (C=O) groups is 1. The number of hydrogen-bond acceptors (Lipinski definition) is 4. The summed E-state index contributed by atoms with van der Waals surface area (Å²) in [4.78, 5) is 11.1. The van der Waals surface area contributed by atoms with Gasteiger partial charge in [-0.25, -0.2) is 13.1 Å². The van der Waals surface area contributed by atoms with E-state index in [4.69, 9.17) is 5.11 Å². The molecule has 1 aliphatic rings. The van der Waals surface area contributed by atoms with Crippen LogP contribution in [0.15, 0.2) is 16.3 Å². The summed E-state index contributed by atoms with van der Waals surface area (Å²) < 4.78 is 26.6. The van der Waals surface area contributed by atoms with Gasteiger partial charge in [0.05, 0.1) is 6.42 Å². The molecule has 0 aromatic carbocycles. The van der Waals surface area contributed by atoms with Gasteiger partial charge in [-0.3, -0.25) is 4.79 Å². The average Bonchev–Trinajstić information content (AvgIpc) is 3.02. The van der Waals surface area contributed by atoms with Crippen LogP contribution in [0.5, 0.6) is 0 Å². The number of rotatable bonds is 8. The van der Waals surface area contributed by atoms with Crippen molar-refractivity contribution < 1.29 is 18.3 Å². The van der Waals surface area contributed by atoms with Crippen molar-refractivity contribution in [1.82, 2.24) is 4.72 Å². The van der Waals surface area contributed by atoms with Gasteiger partial charge in [-0.1, -0.05) is 12.8 Å². The van der Waals surface area contributed by atoms with Gasteiger partial charge in [-0.05, 0) is 30.9 Å². The minimum Gasteiger partial charge on any atom is -0.481 e. The molecule has 0 atom stereocenters. The first kappa shape index (κ1) is 14.5. The first-order chi connectivity index (χ1) is 8.97. The van der Waals surface area contributed by atoms with Gasteiger partial charge in [-0.2, -0.15) is 0 Å². The van der Waals surface area contributed by atoms with Gasteiger partial charge >= 0.3 is 5.97 Å². The maximum atomic E-state index is 11.9. The lowest BCUT2D eigenvalue weighted by Crippen LogP contribution is -2.24. The van der Waals surface area contributed by atoms with Gasteiger partial charge < -0.3 is 5.11 Å². The Balaban J connectivity index is 1.86. The van der Waals surface area contributed by atoms with Gasteiger partial charge in [-0.15, -0.1) is 11.3 Å². The van der Waals surface area contributed by atoms with Crippen molar-refractivity contribution in [2.45, 2.75) is 36.3 Å². The van der Waals surface area contributed by atoms with Crippen LogP contribution in [0.25, 0.3) is 0 Å². The van der Waals surface area contributed by atoms with Crippen LogP contribution < -0.4 is 4.72 Å². The van der Waals surface area contributed by atoms with Gasteiger partial charge in [0, 0.05) is 11.4 Å². The molecule has 19 heavy (non-hydrogen) atoms. The Labute approximate surface area is 116 Å². The largest absolute Gasteiger partial charge is 0.481 e. The molecule has 1 heterocycles. The molecule has 0 saturated heterocycles. The van der Waals surface area contributed by atoms with E-state index in [9.17, 15) is 13.2 Å². The lowest BCUT2D eigenvalue weighted by atomic mass is 10.2. The fraction of sp³-hybridized carbons (Fsp3) is 0.583. The highest BCUT2D eigenvalue weighted by molar-refractivity contribution is 7.91. The number of sulfonamides is 1. The highest BCUT2D eigenvalue weighted by atomic mass is 32.2. The standard InChI is InChI=1S/C12H17NO4S2/c14-11(15)8-10-5-6-12(18-10)19(16,17)13-7-1-2-9-3-4-9/h5-6,9,13H,1-4,7-8H2,(H,14,15). The number of carboxylic acid groups (broad SMARTS) is 1. The smallest absolute Gasteiger partial charge is 0.308 e. The Morgan fingerprint density at radius 1 is 1.42 bits per heavy atom. The van der Waals surface area contributed by atoms with E-state index in [2.05, 4.69) is 4.72 Å². The third kappa shape index (κ3) is 4.59. The average molecular weight is 303 g/mol. The second-order valence-corrected chi connectivity index (χ2v) is 7.94. The molecule has 1 aromatic heterocycles. The fourth-order valence-electron chi connectivity index (χ4n) is 1.82. The molecule has 0 amide bonds. The number of carboxylic acids is 1. The molecule has 0 bridgehead atoms. The van der Waals surface area contributed by atoms with Crippen LogP contribution in [-0.4, -0.2) is 26.0 Å². The molecular weight excluding hydrogens is 286 g/mol. The molecule has 1 saturated carbocycles. The Kier molecular flexibility index (Phi) is 4.59. The molecule has 106 valence electrons. The molecule has 2 rings (SSSR count). The van der Waals surface area contributed by atoms with E-state index in [0.29, 0.717) is 11.4 Å². The third-order valence-corrected chi connectivity index (χ3v) is 6.04. The SMILES string of the molecule is O=C(O)Cc1ccc(S(=O)(=O)NCCCC2CC2)s1. The molecule has 0 radical (unpaired) electrons. The highest BCUT2D eigenvalue weighted by Gasteiger charge is 2.21. The van der Waals surface area contributed by atoms with Gasteiger partial charge in [0.25, 0.3) is 0 Å². The second-order valence-electron chi connectivity index (χ2n) is 4.77. The van der Waals surface area contributed by atoms with Crippen LogP contribution >= 0.6 is 11.3 Å². The zero-order valence-corrected chi connectivity index (χ0v) is 12.1. The number of hydrogen-bond donors (Lipinski definition) is 2. The quantitative estimate of drug-likeness (QED) is 0.718. The molecule has 2 N–H and O–H groups in total. The van der Waals surface area contributed by atoms with Crippen molar-refractivity contribution in [1.29, 1.82) is 0 Å². The predicted octanol–water partition coefficient (Wildman–Crippen LogP) is 1.84. The van der Waals surface area contributed by atoms with E-state index in [1.165, 1.54) is 18.9 Å². The lowest BCUT2D eigenvalue weighted by molar-refractivity contribution is -0.136. The second kappa shape index (κ2) is 6.02. The highest BCUT2D eigenvalue weighted by Crippen LogP contribution is 2.33. The van der Waals surface area contributed by atoms with Crippen molar-refractivity contribution in [3.8, 4) is 0 Å². The van der Waals surface area contributed by atoms with E-state index >= 15 is 0 Å². The summed E-state index contributed by atoms with van der Waals surface area (Å²) in [6.45, 7) is 0.449. The van der Waals surface area contributed by atoms with Gasteiger partial charge in [0.1, 0.15) is 4.21 Å². The van der Waals surface area contributed by atoms with Crippen LogP contribution in [-0.2, 0) is 21.2 Å². The predicted molar refractivity (Wildman–Crippen MR) is 72.8 cm³/mol. The molecule has 1 aromatic rings. The molecule has 7 heteroatoms. The zero-order chi connectivity index (χ0) is 13.9. The topological polar surface area (TPSA) is 83.5 Å². The molecule has 1 aliphatic carbocycles. The Morgan fingerprint density at radius 3 is 2.79 bits per heavy atom. The van der Waals surface area contributed by atoms with E-state index in [0.717, 1.165) is 30.1 Å². The summed E-state index contributed by atoms with van der Waals surface area (Å²) >= 11 is 1.01. The van der Waals surface area contributed by atoms with E-state index in [-0.39, 0.29) is 10.6 Å². The van der Waals surface area contributed by atoms with Crippen molar-refractivity contribution in [2.75, 3.05) is 6.54 Å². The first-order valence-electron chi connectivity index (χ1n) is 6.27. The molecule has 5 nitrogen and oxygen atoms in total. The third-order valence-electron chi connectivity index (χ3n) is 3.01. The van der Waals surface area contributed by atoms with Crippen LogP contribution in [0.3, 0.4) is 0 Å². The monoisotopic (exact) mass is 303 g/mol. The van der Waals surface area contributed by atoms with E-state index < -0.39 is 16.0 Å². The Hall–Kier alpha value is -0.920.